The second kappa shape index (κ2) is 3.92. The number of methoxy groups -OCH3 is 1. The first-order valence-electron chi connectivity index (χ1n) is 4.94. The number of hydrogen-bond acceptors (Lipinski definition) is 4. The summed E-state index contributed by atoms with van der Waals surface area (Å²) in [7, 11) is 1.53. The van der Waals surface area contributed by atoms with Gasteiger partial charge in [0.05, 0.1) is 32.0 Å². The molecule has 5 nitrogen and oxygen atoms in total. The molecule has 0 unspecified atom stereocenters. The summed E-state index contributed by atoms with van der Waals surface area (Å²) in [5.41, 5.74) is 1.55. The van der Waals surface area contributed by atoms with Crippen LogP contribution in [0.2, 0.25) is 0 Å². The number of carbonyl (C=O) groups excluding carboxylic acids is 2. The zero-order valence-corrected chi connectivity index (χ0v) is 9.19. The maximum absolute atomic E-state index is 11.5. The topological polar surface area (TPSA) is 59.5 Å². The van der Waals surface area contributed by atoms with E-state index in [9.17, 15) is 9.59 Å². The molecule has 84 valence electrons. The lowest BCUT2D eigenvalue weighted by Gasteiger charge is -2.17. The summed E-state index contributed by atoms with van der Waals surface area (Å²) in [6.07, 6.45) is 1.55. The summed E-state index contributed by atoms with van der Waals surface area (Å²) in [5.74, 6) is 0.277. The van der Waals surface area contributed by atoms with Crippen LogP contribution in [0.4, 0.5) is 5.69 Å². The van der Waals surface area contributed by atoms with E-state index in [-0.39, 0.29) is 24.7 Å². The van der Waals surface area contributed by atoms with E-state index in [0.717, 1.165) is 5.56 Å². The fraction of sp³-hybridized carbons (Fsp3) is 0.364. The lowest BCUT2D eigenvalue weighted by molar-refractivity contribution is -0.121. The van der Waals surface area contributed by atoms with Gasteiger partial charge in [-0.05, 0) is 12.5 Å². The molecule has 2 heterocycles. The molecule has 0 atom stereocenters. The van der Waals surface area contributed by atoms with Crippen molar-refractivity contribution in [3.05, 3.63) is 17.8 Å². The van der Waals surface area contributed by atoms with Crippen LogP contribution in [0.1, 0.15) is 12.0 Å². The summed E-state index contributed by atoms with van der Waals surface area (Å²) in [6, 6.07) is 1.74. The number of pyridine rings is 1. The molecular weight excluding hydrogens is 208 g/mol. The summed E-state index contributed by atoms with van der Waals surface area (Å²) < 4.78 is 4.98. The predicted molar refractivity (Wildman–Crippen MR) is 57.5 cm³/mol. The van der Waals surface area contributed by atoms with Crippen molar-refractivity contribution in [1.29, 1.82) is 0 Å². The number of rotatable bonds is 2. The smallest absolute Gasteiger partial charge is 0.234 e. The quantitative estimate of drug-likeness (QED) is 0.688. The molecule has 16 heavy (non-hydrogen) atoms. The van der Waals surface area contributed by atoms with Crippen LogP contribution in [0.15, 0.2) is 12.3 Å². The molecule has 0 aliphatic carbocycles. The van der Waals surface area contributed by atoms with Crippen LogP contribution in [0.25, 0.3) is 0 Å². The minimum atomic E-state index is -0.167. The van der Waals surface area contributed by atoms with Crippen LogP contribution in [0, 0.1) is 6.92 Å². The van der Waals surface area contributed by atoms with Crippen LogP contribution in [-0.2, 0) is 9.59 Å². The van der Waals surface area contributed by atoms with Crippen molar-refractivity contribution in [2.75, 3.05) is 18.6 Å². The van der Waals surface area contributed by atoms with Crippen LogP contribution in [0.3, 0.4) is 0 Å². The molecular formula is C11H12N2O3. The van der Waals surface area contributed by atoms with Gasteiger partial charge in [0, 0.05) is 6.07 Å². The number of Topliss-reactive ketones (excluding diaryl/α,β-unsaturated/α-hetero) is 1. The van der Waals surface area contributed by atoms with Crippen LogP contribution >= 0.6 is 0 Å². The Bertz CT molecular complexity index is 457. The van der Waals surface area contributed by atoms with Gasteiger partial charge in [-0.1, -0.05) is 0 Å². The molecule has 0 N–H and O–H groups in total. The number of aryl methyl sites for hydroxylation is 1. The zero-order chi connectivity index (χ0) is 11.7. The van der Waals surface area contributed by atoms with Gasteiger partial charge in [0.1, 0.15) is 0 Å². The lowest BCUT2D eigenvalue weighted by Crippen LogP contribution is -2.25. The van der Waals surface area contributed by atoms with Crippen molar-refractivity contribution >= 4 is 17.4 Å². The van der Waals surface area contributed by atoms with Gasteiger partial charge >= 0.3 is 0 Å². The first-order valence-corrected chi connectivity index (χ1v) is 4.94. The predicted octanol–water partition coefficient (Wildman–Crippen LogP) is 0.704. The number of aromatic nitrogens is 1. The van der Waals surface area contributed by atoms with Crippen LogP contribution in [0.5, 0.6) is 5.88 Å². The summed E-state index contributed by atoms with van der Waals surface area (Å²) in [4.78, 5) is 28.2. The monoisotopic (exact) mass is 220 g/mol. The van der Waals surface area contributed by atoms with Crippen molar-refractivity contribution in [2.45, 2.75) is 13.3 Å². The normalized spacial score (nSPS) is 15.8. The number of hydrogen-bond donors (Lipinski definition) is 0. The molecule has 1 aliphatic rings. The van der Waals surface area contributed by atoms with Crippen LogP contribution in [-0.4, -0.2) is 30.3 Å². The van der Waals surface area contributed by atoms with Gasteiger partial charge in [0.25, 0.3) is 0 Å². The average molecular weight is 220 g/mol. The van der Waals surface area contributed by atoms with Gasteiger partial charge < -0.3 is 9.64 Å². The van der Waals surface area contributed by atoms with Crippen LogP contribution < -0.4 is 9.64 Å². The highest BCUT2D eigenvalue weighted by molar-refractivity contribution is 6.15. The second-order valence-electron chi connectivity index (χ2n) is 3.71. The highest BCUT2D eigenvalue weighted by atomic mass is 16.5. The average Bonchev–Trinajstić information content (AvgIpc) is 2.57. The lowest BCUT2D eigenvalue weighted by atomic mass is 10.2. The molecule has 1 aliphatic heterocycles. The van der Waals surface area contributed by atoms with E-state index < -0.39 is 0 Å². The Morgan fingerprint density at radius 2 is 2.19 bits per heavy atom. The number of nitrogens with zero attached hydrogens (tertiary/aromatic N) is 2. The van der Waals surface area contributed by atoms with Gasteiger partial charge in [-0.3, -0.25) is 9.59 Å². The Labute approximate surface area is 93.0 Å². The summed E-state index contributed by atoms with van der Waals surface area (Å²) in [6.45, 7) is 2.00. The van der Waals surface area contributed by atoms with Gasteiger partial charge in [0.2, 0.25) is 11.8 Å². The van der Waals surface area contributed by atoms with E-state index in [1.165, 1.54) is 12.0 Å². The third-order valence-corrected chi connectivity index (χ3v) is 2.54. The SMILES string of the molecule is COc1cc(C)c(N2CC(=O)CC2=O)cn1. The maximum Gasteiger partial charge on any atom is 0.234 e. The van der Waals surface area contributed by atoms with Gasteiger partial charge in [0.15, 0.2) is 5.78 Å². The number of anilines is 1. The molecule has 0 radical (unpaired) electrons. The molecule has 0 saturated carbocycles. The fourth-order valence-electron chi connectivity index (χ4n) is 1.72. The van der Waals surface area contributed by atoms with Crippen molar-refractivity contribution in [3.63, 3.8) is 0 Å². The second-order valence-corrected chi connectivity index (χ2v) is 3.71. The van der Waals surface area contributed by atoms with Crippen molar-refractivity contribution in [3.8, 4) is 5.88 Å². The Morgan fingerprint density at radius 3 is 2.69 bits per heavy atom. The molecule has 0 aromatic carbocycles. The first-order chi connectivity index (χ1) is 7.61. The largest absolute Gasteiger partial charge is 0.481 e. The molecule has 0 spiro atoms. The van der Waals surface area contributed by atoms with Gasteiger partial charge in [-0.25, -0.2) is 4.98 Å². The zero-order valence-electron chi connectivity index (χ0n) is 9.19. The van der Waals surface area contributed by atoms with Gasteiger partial charge in [-0.2, -0.15) is 0 Å². The third-order valence-electron chi connectivity index (χ3n) is 2.54. The highest BCUT2D eigenvalue weighted by Crippen LogP contribution is 2.25. The molecule has 1 aromatic rings. The summed E-state index contributed by atoms with van der Waals surface area (Å²) >= 11 is 0. The molecule has 2 rings (SSSR count). The summed E-state index contributed by atoms with van der Waals surface area (Å²) in [5, 5.41) is 0. The third kappa shape index (κ3) is 1.76. The number of amides is 1. The van der Waals surface area contributed by atoms with E-state index in [4.69, 9.17) is 4.74 Å². The maximum atomic E-state index is 11.5. The number of ketones is 1. The number of carbonyl (C=O) groups is 2. The first kappa shape index (κ1) is 10.6. The Balaban J connectivity index is 2.34. The van der Waals surface area contributed by atoms with Gasteiger partial charge in [-0.15, -0.1) is 0 Å². The van der Waals surface area contributed by atoms with Crippen molar-refractivity contribution in [2.24, 2.45) is 0 Å². The minimum absolute atomic E-state index is 0.00846. The van der Waals surface area contributed by atoms with E-state index >= 15 is 0 Å². The highest BCUT2D eigenvalue weighted by Gasteiger charge is 2.29. The Hall–Kier alpha value is -1.91. The Morgan fingerprint density at radius 1 is 1.44 bits per heavy atom. The standard InChI is InChI=1S/C11H12N2O3/c1-7-3-10(16-2)12-5-9(7)13-6-8(14)4-11(13)15/h3,5H,4,6H2,1-2H3. The molecule has 1 saturated heterocycles. The van der Waals surface area contributed by atoms with Crippen molar-refractivity contribution in [1.82, 2.24) is 4.98 Å². The van der Waals surface area contributed by atoms with E-state index in [2.05, 4.69) is 4.98 Å². The van der Waals surface area contributed by atoms with E-state index in [1.807, 2.05) is 6.92 Å². The molecule has 5 heteroatoms. The van der Waals surface area contributed by atoms with E-state index in [0.29, 0.717) is 11.6 Å². The molecule has 1 amide bonds. The Kier molecular flexibility index (Phi) is 2.60. The number of ether oxygens (including phenoxy) is 1. The fourth-order valence-corrected chi connectivity index (χ4v) is 1.72. The molecule has 0 bridgehead atoms. The van der Waals surface area contributed by atoms with E-state index in [1.54, 1.807) is 12.3 Å². The minimum Gasteiger partial charge on any atom is -0.481 e. The molecule has 1 aromatic heterocycles. The molecule has 1 fully saturated rings. The van der Waals surface area contributed by atoms with Crippen molar-refractivity contribution < 1.29 is 14.3 Å².